The van der Waals surface area contributed by atoms with Gasteiger partial charge in [0.15, 0.2) is 0 Å². The average molecular weight is 414 g/mol. The van der Waals surface area contributed by atoms with Gasteiger partial charge in [-0.25, -0.2) is 0 Å². The molecule has 0 aromatic heterocycles. The zero-order valence-corrected chi connectivity index (χ0v) is 18.2. The third-order valence-electron chi connectivity index (χ3n) is 5.38. The minimum atomic E-state index is -0.284. The van der Waals surface area contributed by atoms with Crippen LogP contribution < -0.4 is 5.32 Å². The first-order chi connectivity index (χ1) is 14.3. The Morgan fingerprint density at radius 2 is 1.90 bits per heavy atom. The quantitative estimate of drug-likeness (QED) is 0.696. The van der Waals surface area contributed by atoms with Gasteiger partial charge in [-0.15, -0.1) is 0 Å². The molecule has 0 radical (unpaired) electrons. The fraction of sp³-hybridized carbons (Fsp3) is 0.522. The standard InChI is InChI=1S/C23H31N3O4/c1-15(2)30-13-12-26-22(28)20(18-7-9-19(10-8-18)24-17(4)27)21(23(26)29)25-11-5-6-16(3)14-25/h7-10,15-16H,5-6,11-14H2,1-4H3,(H,24,27). The predicted octanol–water partition coefficient (Wildman–Crippen LogP) is 2.88. The smallest absolute Gasteiger partial charge is 0.277 e. The molecule has 1 saturated heterocycles. The molecule has 1 unspecified atom stereocenters. The summed E-state index contributed by atoms with van der Waals surface area (Å²) in [7, 11) is 0. The monoisotopic (exact) mass is 413 g/mol. The molecule has 0 saturated carbocycles. The second-order valence-electron chi connectivity index (χ2n) is 8.36. The van der Waals surface area contributed by atoms with E-state index in [1.54, 1.807) is 24.3 Å². The van der Waals surface area contributed by atoms with Gasteiger partial charge < -0.3 is 15.0 Å². The molecule has 7 nitrogen and oxygen atoms in total. The van der Waals surface area contributed by atoms with Crippen molar-refractivity contribution in [1.29, 1.82) is 0 Å². The lowest BCUT2D eigenvalue weighted by Crippen LogP contribution is -2.40. The van der Waals surface area contributed by atoms with E-state index in [1.807, 2.05) is 13.8 Å². The first-order valence-corrected chi connectivity index (χ1v) is 10.6. The van der Waals surface area contributed by atoms with Crippen molar-refractivity contribution in [2.75, 3.05) is 31.6 Å². The molecule has 2 heterocycles. The topological polar surface area (TPSA) is 79.0 Å². The minimum Gasteiger partial charge on any atom is -0.377 e. The third-order valence-corrected chi connectivity index (χ3v) is 5.38. The molecule has 1 N–H and O–H groups in total. The second kappa shape index (κ2) is 9.43. The van der Waals surface area contributed by atoms with Crippen LogP contribution in [0.25, 0.3) is 5.57 Å². The van der Waals surface area contributed by atoms with Crippen LogP contribution in [0, 0.1) is 5.92 Å². The lowest BCUT2D eigenvalue weighted by atomic mass is 9.97. The second-order valence-corrected chi connectivity index (χ2v) is 8.36. The Morgan fingerprint density at radius 1 is 1.20 bits per heavy atom. The molecular formula is C23H31N3O4. The van der Waals surface area contributed by atoms with E-state index in [1.165, 1.54) is 11.8 Å². The van der Waals surface area contributed by atoms with Crippen LogP contribution in [0.2, 0.25) is 0 Å². The number of nitrogens with one attached hydrogen (secondary N) is 1. The molecule has 3 amide bonds. The van der Waals surface area contributed by atoms with Gasteiger partial charge in [0.05, 0.1) is 24.8 Å². The zero-order chi connectivity index (χ0) is 21.8. The van der Waals surface area contributed by atoms with Crippen molar-refractivity contribution in [3.8, 4) is 0 Å². The summed E-state index contributed by atoms with van der Waals surface area (Å²) in [5, 5.41) is 2.73. The van der Waals surface area contributed by atoms with Crippen molar-refractivity contribution >= 4 is 29.0 Å². The number of benzene rings is 1. The Labute approximate surface area is 178 Å². The molecule has 2 aliphatic rings. The van der Waals surface area contributed by atoms with E-state index in [0.717, 1.165) is 25.9 Å². The number of carbonyl (C=O) groups is 3. The molecule has 0 aliphatic carbocycles. The van der Waals surface area contributed by atoms with Crippen molar-refractivity contribution in [2.24, 2.45) is 5.92 Å². The van der Waals surface area contributed by atoms with Gasteiger partial charge in [0.1, 0.15) is 5.70 Å². The lowest BCUT2D eigenvalue weighted by Gasteiger charge is -2.33. The highest BCUT2D eigenvalue weighted by molar-refractivity contribution is 6.35. The number of piperidine rings is 1. The number of imide groups is 1. The lowest BCUT2D eigenvalue weighted by molar-refractivity contribution is -0.138. The van der Waals surface area contributed by atoms with Gasteiger partial charge in [-0.3, -0.25) is 19.3 Å². The van der Waals surface area contributed by atoms with Gasteiger partial charge in [0.25, 0.3) is 11.8 Å². The summed E-state index contributed by atoms with van der Waals surface area (Å²) in [6.45, 7) is 9.54. The SMILES string of the molecule is CC(=O)Nc1ccc(C2=C(N3CCCC(C)C3)C(=O)N(CCOC(C)C)C2=O)cc1. The molecular weight excluding hydrogens is 382 g/mol. The van der Waals surface area contributed by atoms with Gasteiger partial charge >= 0.3 is 0 Å². The van der Waals surface area contributed by atoms with E-state index in [2.05, 4.69) is 17.1 Å². The number of likely N-dealkylation sites (tertiary alicyclic amines) is 1. The molecule has 162 valence electrons. The van der Waals surface area contributed by atoms with E-state index in [4.69, 9.17) is 4.74 Å². The highest BCUT2D eigenvalue weighted by Gasteiger charge is 2.42. The molecule has 1 atom stereocenters. The predicted molar refractivity (Wildman–Crippen MR) is 115 cm³/mol. The third kappa shape index (κ3) is 4.90. The summed E-state index contributed by atoms with van der Waals surface area (Å²) in [4.78, 5) is 41.2. The summed E-state index contributed by atoms with van der Waals surface area (Å²) >= 11 is 0. The maximum atomic E-state index is 13.3. The van der Waals surface area contributed by atoms with Gasteiger partial charge in [-0.1, -0.05) is 19.1 Å². The Hall–Kier alpha value is -2.67. The number of nitrogens with zero attached hydrogens (tertiary/aromatic N) is 2. The largest absolute Gasteiger partial charge is 0.377 e. The van der Waals surface area contributed by atoms with Crippen LogP contribution in [0.4, 0.5) is 5.69 Å². The number of rotatable bonds is 7. The van der Waals surface area contributed by atoms with Crippen molar-refractivity contribution < 1.29 is 19.1 Å². The minimum absolute atomic E-state index is 0.0361. The molecule has 1 aromatic rings. The molecule has 30 heavy (non-hydrogen) atoms. The fourth-order valence-electron chi connectivity index (χ4n) is 4.02. The van der Waals surface area contributed by atoms with E-state index in [9.17, 15) is 14.4 Å². The number of carbonyl (C=O) groups excluding carboxylic acids is 3. The first kappa shape index (κ1) is 22.0. The molecule has 3 rings (SSSR count). The molecule has 0 bridgehead atoms. The van der Waals surface area contributed by atoms with Crippen LogP contribution >= 0.6 is 0 Å². The van der Waals surface area contributed by atoms with Crippen molar-refractivity contribution in [2.45, 2.75) is 46.6 Å². The summed E-state index contributed by atoms with van der Waals surface area (Å²) in [6, 6.07) is 7.07. The number of amides is 3. The Bertz CT molecular complexity index is 845. The van der Waals surface area contributed by atoms with Gasteiger partial charge in [-0.05, 0) is 50.3 Å². The van der Waals surface area contributed by atoms with Crippen LogP contribution in [-0.4, -0.2) is 59.9 Å². The molecule has 1 fully saturated rings. The fourth-order valence-corrected chi connectivity index (χ4v) is 4.02. The average Bonchev–Trinajstić information content (AvgIpc) is 2.92. The number of hydrogen-bond acceptors (Lipinski definition) is 5. The molecule has 0 spiro atoms. The van der Waals surface area contributed by atoms with Crippen LogP contribution in [0.15, 0.2) is 30.0 Å². The summed E-state index contributed by atoms with van der Waals surface area (Å²) in [5.74, 6) is -0.223. The maximum Gasteiger partial charge on any atom is 0.277 e. The Kier molecular flexibility index (Phi) is 6.92. The maximum absolute atomic E-state index is 13.3. The number of anilines is 1. The van der Waals surface area contributed by atoms with Crippen LogP contribution in [0.3, 0.4) is 0 Å². The van der Waals surface area contributed by atoms with Crippen LogP contribution in [0.5, 0.6) is 0 Å². The molecule has 2 aliphatic heterocycles. The normalized spacial score (nSPS) is 19.8. The van der Waals surface area contributed by atoms with Crippen molar-refractivity contribution in [3.63, 3.8) is 0 Å². The van der Waals surface area contributed by atoms with Crippen LogP contribution in [0.1, 0.15) is 46.1 Å². The van der Waals surface area contributed by atoms with Gasteiger partial charge in [-0.2, -0.15) is 0 Å². The Morgan fingerprint density at radius 3 is 2.50 bits per heavy atom. The van der Waals surface area contributed by atoms with Crippen LogP contribution in [-0.2, 0) is 19.1 Å². The first-order valence-electron chi connectivity index (χ1n) is 10.6. The summed E-state index contributed by atoms with van der Waals surface area (Å²) < 4.78 is 5.57. The van der Waals surface area contributed by atoms with E-state index < -0.39 is 0 Å². The highest BCUT2D eigenvalue weighted by Crippen LogP contribution is 2.34. The highest BCUT2D eigenvalue weighted by atomic mass is 16.5. The van der Waals surface area contributed by atoms with Gasteiger partial charge in [0, 0.05) is 25.7 Å². The van der Waals surface area contributed by atoms with Gasteiger partial charge in [0.2, 0.25) is 5.91 Å². The summed E-state index contributed by atoms with van der Waals surface area (Å²) in [6.07, 6.45) is 2.16. The zero-order valence-electron chi connectivity index (χ0n) is 18.2. The number of ether oxygens (including phenoxy) is 1. The van der Waals surface area contributed by atoms with E-state index in [-0.39, 0.29) is 30.4 Å². The Balaban J connectivity index is 1.93. The van der Waals surface area contributed by atoms with E-state index in [0.29, 0.717) is 35.0 Å². The van der Waals surface area contributed by atoms with Crippen molar-refractivity contribution in [3.05, 3.63) is 35.5 Å². The summed E-state index contributed by atoms with van der Waals surface area (Å²) in [5.41, 5.74) is 2.26. The van der Waals surface area contributed by atoms with E-state index >= 15 is 0 Å². The number of hydrogen-bond donors (Lipinski definition) is 1. The molecule has 1 aromatic carbocycles. The molecule has 7 heteroatoms. The van der Waals surface area contributed by atoms with Crippen molar-refractivity contribution in [1.82, 2.24) is 9.80 Å².